The van der Waals surface area contributed by atoms with Crippen LogP contribution in [0.5, 0.6) is 0 Å². The first kappa shape index (κ1) is 16.9. The Hall–Kier alpha value is -2.43. The lowest BCUT2D eigenvalue weighted by Gasteiger charge is -2.21. The van der Waals surface area contributed by atoms with Crippen molar-refractivity contribution in [3.05, 3.63) is 48.2 Å². The van der Waals surface area contributed by atoms with Crippen LogP contribution in [0.4, 0.5) is 11.5 Å². The molecule has 2 aromatic rings. The Labute approximate surface area is 137 Å². The summed E-state index contributed by atoms with van der Waals surface area (Å²) in [6.45, 7) is 5.63. The molecular formula is C18H24N4O. The minimum Gasteiger partial charge on any atom is -0.358 e. The number of para-hydroxylation sites is 1. The van der Waals surface area contributed by atoms with E-state index < -0.39 is 0 Å². The van der Waals surface area contributed by atoms with Crippen LogP contribution in [0.15, 0.2) is 42.5 Å². The second-order valence-corrected chi connectivity index (χ2v) is 5.44. The van der Waals surface area contributed by atoms with Crippen LogP contribution in [0.3, 0.4) is 0 Å². The normalized spacial score (nSPS) is 10.4. The fraction of sp³-hybridized carbons (Fsp3) is 0.389. The van der Waals surface area contributed by atoms with Gasteiger partial charge in [-0.05, 0) is 37.6 Å². The van der Waals surface area contributed by atoms with Gasteiger partial charge in [-0.1, -0.05) is 31.5 Å². The van der Waals surface area contributed by atoms with Gasteiger partial charge in [0.15, 0.2) is 11.5 Å². The summed E-state index contributed by atoms with van der Waals surface area (Å²) in [6, 6.07) is 13.2. The largest absolute Gasteiger partial charge is 0.358 e. The van der Waals surface area contributed by atoms with E-state index in [4.69, 9.17) is 0 Å². The van der Waals surface area contributed by atoms with Crippen molar-refractivity contribution in [1.82, 2.24) is 10.2 Å². The van der Waals surface area contributed by atoms with E-state index in [9.17, 15) is 4.79 Å². The van der Waals surface area contributed by atoms with Crippen LogP contribution in [-0.4, -0.2) is 36.2 Å². The average molecular weight is 312 g/mol. The quantitative estimate of drug-likeness (QED) is 0.786. The summed E-state index contributed by atoms with van der Waals surface area (Å²) in [6.07, 6.45) is 2.24. The van der Waals surface area contributed by atoms with Crippen LogP contribution in [-0.2, 0) is 0 Å². The Morgan fingerprint density at radius 2 is 1.78 bits per heavy atom. The summed E-state index contributed by atoms with van der Waals surface area (Å²) < 4.78 is 0. The second-order valence-electron chi connectivity index (χ2n) is 5.44. The van der Waals surface area contributed by atoms with Gasteiger partial charge in [0.25, 0.3) is 5.91 Å². The third-order valence-electron chi connectivity index (χ3n) is 3.74. The van der Waals surface area contributed by atoms with Crippen LogP contribution in [0.2, 0.25) is 0 Å². The van der Waals surface area contributed by atoms with Gasteiger partial charge in [0.2, 0.25) is 0 Å². The molecular weight excluding hydrogens is 288 g/mol. The van der Waals surface area contributed by atoms with Crippen molar-refractivity contribution in [2.45, 2.75) is 26.7 Å². The molecule has 0 bridgehead atoms. The van der Waals surface area contributed by atoms with Crippen molar-refractivity contribution < 1.29 is 4.79 Å². The molecule has 0 atom stereocenters. The average Bonchev–Trinajstić information content (AvgIpc) is 2.61. The van der Waals surface area contributed by atoms with Crippen LogP contribution in [0, 0.1) is 0 Å². The van der Waals surface area contributed by atoms with E-state index in [1.165, 1.54) is 0 Å². The summed E-state index contributed by atoms with van der Waals surface area (Å²) in [4.78, 5) is 16.4. The molecule has 0 aliphatic rings. The lowest BCUT2D eigenvalue weighted by molar-refractivity contribution is 0.0982. The number of rotatable bonds is 7. The number of anilines is 2. The third-order valence-corrected chi connectivity index (χ3v) is 3.74. The molecule has 0 spiro atoms. The first-order valence-corrected chi connectivity index (χ1v) is 8.09. The van der Waals surface area contributed by atoms with E-state index in [1.807, 2.05) is 50.4 Å². The molecule has 1 aromatic carbocycles. The number of unbranched alkanes of at least 4 members (excludes halogenated alkanes) is 1. The van der Waals surface area contributed by atoms with E-state index in [1.54, 1.807) is 11.0 Å². The minimum atomic E-state index is -0.131. The number of aromatic nitrogens is 2. The Morgan fingerprint density at radius 1 is 1.04 bits per heavy atom. The lowest BCUT2D eigenvalue weighted by Crippen LogP contribution is -2.31. The van der Waals surface area contributed by atoms with Gasteiger partial charge in [0.05, 0.1) is 0 Å². The summed E-state index contributed by atoms with van der Waals surface area (Å²) >= 11 is 0. The van der Waals surface area contributed by atoms with Crippen LogP contribution in [0.25, 0.3) is 0 Å². The molecule has 0 aliphatic carbocycles. The molecule has 1 amide bonds. The second kappa shape index (κ2) is 8.27. The fourth-order valence-electron chi connectivity index (χ4n) is 2.34. The maximum absolute atomic E-state index is 12.6. The Bertz CT molecular complexity index is 613. The predicted octanol–water partition coefficient (Wildman–Crippen LogP) is 3.38. The lowest BCUT2D eigenvalue weighted by atomic mass is 10.2. The summed E-state index contributed by atoms with van der Waals surface area (Å²) in [5.74, 6) is 0.659. The molecule has 5 heteroatoms. The number of hydrogen-bond acceptors (Lipinski definition) is 4. The van der Waals surface area contributed by atoms with Gasteiger partial charge < -0.3 is 9.80 Å². The Balaban J connectivity index is 2.13. The standard InChI is InChI=1S/C18H24N4O/c1-4-6-14-21(3)17-13-12-16(19-20-17)18(23)22(5-2)15-10-8-7-9-11-15/h7-13H,4-6,14H2,1-3H3. The molecule has 122 valence electrons. The molecule has 0 N–H and O–H groups in total. The molecule has 0 unspecified atom stereocenters. The number of amides is 1. The van der Waals surface area contributed by atoms with Crippen LogP contribution in [0.1, 0.15) is 37.2 Å². The van der Waals surface area contributed by atoms with Crippen molar-refractivity contribution in [3.63, 3.8) is 0 Å². The van der Waals surface area contributed by atoms with Crippen molar-refractivity contribution in [3.8, 4) is 0 Å². The number of nitrogens with zero attached hydrogens (tertiary/aromatic N) is 4. The monoisotopic (exact) mass is 312 g/mol. The molecule has 5 nitrogen and oxygen atoms in total. The van der Waals surface area contributed by atoms with E-state index in [2.05, 4.69) is 22.0 Å². The van der Waals surface area contributed by atoms with Gasteiger partial charge in [-0.2, -0.15) is 0 Å². The molecule has 1 aromatic heterocycles. The molecule has 0 saturated heterocycles. The topological polar surface area (TPSA) is 49.3 Å². The summed E-state index contributed by atoms with van der Waals surface area (Å²) in [5.41, 5.74) is 1.23. The molecule has 23 heavy (non-hydrogen) atoms. The number of hydrogen-bond donors (Lipinski definition) is 0. The van der Waals surface area contributed by atoms with Gasteiger partial charge >= 0.3 is 0 Å². The highest BCUT2D eigenvalue weighted by Crippen LogP contribution is 2.16. The van der Waals surface area contributed by atoms with Gasteiger partial charge in [0.1, 0.15) is 0 Å². The maximum Gasteiger partial charge on any atom is 0.278 e. The van der Waals surface area contributed by atoms with Crippen molar-refractivity contribution >= 4 is 17.4 Å². The molecule has 0 radical (unpaired) electrons. The third kappa shape index (κ3) is 4.28. The van der Waals surface area contributed by atoms with Crippen LogP contribution < -0.4 is 9.80 Å². The maximum atomic E-state index is 12.6. The first-order chi connectivity index (χ1) is 11.2. The SMILES string of the molecule is CCCCN(C)c1ccc(C(=O)N(CC)c2ccccc2)nn1. The van der Waals surface area contributed by atoms with Gasteiger partial charge in [-0.25, -0.2) is 0 Å². The Morgan fingerprint density at radius 3 is 2.35 bits per heavy atom. The van der Waals surface area contributed by atoms with E-state index >= 15 is 0 Å². The van der Waals surface area contributed by atoms with Gasteiger partial charge in [-0.3, -0.25) is 4.79 Å². The van der Waals surface area contributed by atoms with E-state index in [-0.39, 0.29) is 5.91 Å². The number of benzene rings is 1. The van der Waals surface area contributed by atoms with Crippen LogP contribution >= 0.6 is 0 Å². The van der Waals surface area contributed by atoms with Crippen molar-refractivity contribution in [2.75, 3.05) is 29.9 Å². The zero-order valence-corrected chi connectivity index (χ0v) is 14.1. The van der Waals surface area contributed by atoms with Gasteiger partial charge in [-0.15, -0.1) is 10.2 Å². The summed E-state index contributed by atoms with van der Waals surface area (Å²) in [5, 5.41) is 8.31. The smallest absolute Gasteiger partial charge is 0.278 e. The Kier molecular flexibility index (Phi) is 6.09. The molecule has 0 saturated carbocycles. The first-order valence-electron chi connectivity index (χ1n) is 8.09. The zero-order chi connectivity index (χ0) is 16.7. The zero-order valence-electron chi connectivity index (χ0n) is 14.1. The highest BCUT2D eigenvalue weighted by Gasteiger charge is 2.18. The highest BCUT2D eigenvalue weighted by atomic mass is 16.2. The summed E-state index contributed by atoms with van der Waals surface area (Å²) in [7, 11) is 1.99. The molecule has 1 heterocycles. The van der Waals surface area contributed by atoms with Crippen molar-refractivity contribution in [2.24, 2.45) is 0 Å². The van der Waals surface area contributed by atoms with E-state index in [0.29, 0.717) is 12.2 Å². The van der Waals surface area contributed by atoms with Gasteiger partial charge in [0, 0.05) is 25.8 Å². The molecule has 0 fully saturated rings. The minimum absolute atomic E-state index is 0.131. The predicted molar refractivity (Wildman–Crippen MR) is 94.0 cm³/mol. The van der Waals surface area contributed by atoms with E-state index in [0.717, 1.165) is 30.9 Å². The molecule has 0 aliphatic heterocycles. The fourth-order valence-corrected chi connectivity index (χ4v) is 2.34. The number of carbonyl (C=O) groups excluding carboxylic acids is 1. The molecule has 2 rings (SSSR count). The number of carbonyl (C=O) groups is 1. The van der Waals surface area contributed by atoms with Crippen molar-refractivity contribution in [1.29, 1.82) is 0 Å². The highest BCUT2D eigenvalue weighted by molar-refractivity contribution is 6.04.